The lowest BCUT2D eigenvalue weighted by Crippen LogP contribution is -2.31. The normalized spacial score (nSPS) is 16.0. The zero-order valence-corrected chi connectivity index (χ0v) is 15.8. The van der Waals surface area contributed by atoms with Crippen molar-refractivity contribution in [3.63, 3.8) is 0 Å². The Morgan fingerprint density at radius 3 is 2.32 bits per heavy atom. The molecule has 1 fully saturated rings. The first kappa shape index (κ1) is 18.1. The van der Waals surface area contributed by atoms with Crippen LogP contribution in [0.15, 0.2) is 84.9 Å². The molecule has 0 aromatic heterocycles. The lowest BCUT2D eigenvalue weighted by molar-refractivity contribution is 0.0791. The minimum Gasteiger partial charge on any atom is -0.489 e. The number of amides is 1. The first-order valence-corrected chi connectivity index (χ1v) is 9.65. The average Bonchev–Trinajstić information content (AvgIpc) is 3.22. The minimum absolute atomic E-state index is 0.0759. The van der Waals surface area contributed by atoms with E-state index in [4.69, 9.17) is 4.74 Å². The van der Waals surface area contributed by atoms with E-state index in [0.29, 0.717) is 18.2 Å². The maximum Gasteiger partial charge on any atom is 0.253 e. The predicted octanol–water partition coefficient (Wildman–Crippen LogP) is 4.59. The predicted molar refractivity (Wildman–Crippen MR) is 112 cm³/mol. The van der Waals surface area contributed by atoms with E-state index in [1.54, 1.807) is 0 Å². The second-order valence-electron chi connectivity index (χ2n) is 7.05. The third kappa shape index (κ3) is 4.52. The number of benzene rings is 3. The standard InChI is InChI=1S/C24H24N2O2/c27-24(26-16-15-22(17-26)25-21-9-5-2-6-10-21)20-11-13-23(14-12-20)28-18-19-7-3-1-4-8-19/h1-14,22,25H,15-18H2. The summed E-state index contributed by atoms with van der Waals surface area (Å²) in [5.74, 6) is 0.845. The zero-order chi connectivity index (χ0) is 19.2. The molecule has 1 N–H and O–H groups in total. The van der Waals surface area contributed by atoms with Crippen LogP contribution < -0.4 is 10.1 Å². The Hall–Kier alpha value is -3.27. The summed E-state index contributed by atoms with van der Waals surface area (Å²) in [7, 11) is 0. The molecule has 1 saturated heterocycles. The largest absolute Gasteiger partial charge is 0.489 e. The van der Waals surface area contributed by atoms with Crippen molar-refractivity contribution >= 4 is 11.6 Å². The average molecular weight is 372 g/mol. The van der Waals surface area contributed by atoms with Gasteiger partial charge in [-0.1, -0.05) is 48.5 Å². The number of anilines is 1. The summed E-state index contributed by atoms with van der Waals surface area (Å²) in [6.45, 7) is 2.02. The van der Waals surface area contributed by atoms with Crippen LogP contribution in [0.3, 0.4) is 0 Å². The molecular weight excluding hydrogens is 348 g/mol. The van der Waals surface area contributed by atoms with E-state index in [0.717, 1.165) is 36.5 Å². The third-order valence-electron chi connectivity index (χ3n) is 4.97. The maximum atomic E-state index is 12.8. The van der Waals surface area contributed by atoms with Gasteiger partial charge in [-0.2, -0.15) is 0 Å². The highest BCUT2D eigenvalue weighted by atomic mass is 16.5. The summed E-state index contributed by atoms with van der Waals surface area (Å²) < 4.78 is 5.80. The highest BCUT2D eigenvalue weighted by molar-refractivity contribution is 5.94. The summed E-state index contributed by atoms with van der Waals surface area (Å²) in [4.78, 5) is 14.7. The quantitative estimate of drug-likeness (QED) is 0.688. The second kappa shape index (κ2) is 8.61. The highest BCUT2D eigenvalue weighted by Crippen LogP contribution is 2.20. The fourth-order valence-corrected chi connectivity index (χ4v) is 3.45. The van der Waals surface area contributed by atoms with Crippen molar-refractivity contribution in [3.8, 4) is 5.75 Å². The summed E-state index contributed by atoms with van der Waals surface area (Å²) in [6.07, 6.45) is 0.957. The van der Waals surface area contributed by atoms with Gasteiger partial charge in [0.05, 0.1) is 0 Å². The van der Waals surface area contributed by atoms with Crippen molar-refractivity contribution < 1.29 is 9.53 Å². The molecule has 4 rings (SSSR count). The summed E-state index contributed by atoms with van der Waals surface area (Å²) in [5, 5.41) is 3.50. The van der Waals surface area contributed by atoms with Crippen LogP contribution in [0.2, 0.25) is 0 Å². The van der Waals surface area contributed by atoms with E-state index in [1.165, 1.54) is 0 Å². The van der Waals surface area contributed by atoms with E-state index in [1.807, 2.05) is 77.7 Å². The van der Waals surface area contributed by atoms with Gasteiger partial charge in [0.25, 0.3) is 5.91 Å². The number of carbonyl (C=O) groups excluding carboxylic acids is 1. The van der Waals surface area contributed by atoms with E-state index < -0.39 is 0 Å². The molecule has 142 valence electrons. The molecule has 1 amide bonds. The summed E-state index contributed by atoms with van der Waals surface area (Å²) in [6, 6.07) is 27.9. The Kier molecular flexibility index (Phi) is 5.57. The number of para-hydroxylation sites is 1. The van der Waals surface area contributed by atoms with Gasteiger partial charge in [-0.3, -0.25) is 4.79 Å². The molecule has 1 aliphatic rings. The molecular formula is C24H24N2O2. The molecule has 1 atom stereocenters. The second-order valence-corrected chi connectivity index (χ2v) is 7.05. The van der Waals surface area contributed by atoms with Gasteiger partial charge in [-0.15, -0.1) is 0 Å². The molecule has 0 radical (unpaired) electrons. The number of hydrogen-bond donors (Lipinski definition) is 1. The van der Waals surface area contributed by atoms with Crippen LogP contribution >= 0.6 is 0 Å². The number of hydrogen-bond acceptors (Lipinski definition) is 3. The molecule has 0 spiro atoms. The number of rotatable bonds is 6. The van der Waals surface area contributed by atoms with Crippen molar-refractivity contribution in [1.82, 2.24) is 4.90 Å². The topological polar surface area (TPSA) is 41.6 Å². The molecule has 4 nitrogen and oxygen atoms in total. The number of nitrogens with one attached hydrogen (secondary N) is 1. The molecule has 1 aliphatic heterocycles. The molecule has 0 bridgehead atoms. The minimum atomic E-state index is 0.0759. The Morgan fingerprint density at radius 2 is 1.61 bits per heavy atom. The van der Waals surface area contributed by atoms with E-state index in [2.05, 4.69) is 17.4 Å². The molecule has 28 heavy (non-hydrogen) atoms. The molecule has 4 heteroatoms. The van der Waals surface area contributed by atoms with Gasteiger partial charge in [-0.05, 0) is 48.4 Å². The Bertz CT molecular complexity index is 895. The van der Waals surface area contributed by atoms with Gasteiger partial charge in [-0.25, -0.2) is 0 Å². The molecule has 3 aromatic rings. The van der Waals surface area contributed by atoms with Crippen LogP contribution in [0.25, 0.3) is 0 Å². The monoisotopic (exact) mass is 372 g/mol. The molecule has 3 aromatic carbocycles. The van der Waals surface area contributed by atoms with Crippen LogP contribution in [-0.2, 0) is 6.61 Å². The number of carbonyl (C=O) groups is 1. The van der Waals surface area contributed by atoms with E-state index in [-0.39, 0.29) is 5.91 Å². The lowest BCUT2D eigenvalue weighted by Gasteiger charge is -2.18. The number of ether oxygens (including phenoxy) is 1. The smallest absolute Gasteiger partial charge is 0.253 e. The third-order valence-corrected chi connectivity index (χ3v) is 4.97. The lowest BCUT2D eigenvalue weighted by atomic mass is 10.2. The van der Waals surface area contributed by atoms with Crippen molar-refractivity contribution in [3.05, 3.63) is 96.1 Å². The van der Waals surface area contributed by atoms with Crippen LogP contribution in [-0.4, -0.2) is 29.9 Å². The van der Waals surface area contributed by atoms with Crippen molar-refractivity contribution in [2.75, 3.05) is 18.4 Å². The SMILES string of the molecule is O=C(c1ccc(OCc2ccccc2)cc1)N1CCC(Nc2ccccc2)C1. The Labute approximate surface area is 165 Å². The molecule has 0 saturated carbocycles. The Morgan fingerprint density at radius 1 is 0.929 bits per heavy atom. The van der Waals surface area contributed by atoms with Crippen LogP contribution in [0, 0.1) is 0 Å². The molecule has 1 unspecified atom stereocenters. The van der Waals surface area contributed by atoms with Crippen LogP contribution in [0.5, 0.6) is 5.75 Å². The summed E-state index contributed by atoms with van der Waals surface area (Å²) >= 11 is 0. The first-order chi connectivity index (χ1) is 13.8. The van der Waals surface area contributed by atoms with Crippen molar-refractivity contribution in [2.24, 2.45) is 0 Å². The molecule has 0 aliphatic carbocycles. The highest BCUT2D eigenvalue weighted by Gasteiger charge is 2.26. The van der Waals surface area contributed by atoms with Gasteiger partial charge in [0.2, 0.25) is 0 Å². The Balaban J connectivity index is 1.31. The van der Waals surface area contributed by atoms with E-state index >= 15 is 0 Å². The fraction of sp³-hybridized carbons (Fsp3) is 0.208. The van der Waals surface area contributed by atoms with Gasteiger partial charge < -0.3 is 15.0 Å². The number of nitrogens with zero attached hydrogens (tertiary/aromatic N) is 1. The van der Waals surface area contributed by atoms with Gasteiger partial charge in [0.1, 0.15) is 12.4 Å². The fourth-order valence-electron chi connectivity index (χ4n) is 3.45. The summed E-state index contributed by atoms with van der Waals surface area (Å²) in [5.41, 5.74) is 2.92. The van der Waals surface area contributed by atoms with E-state index in [9.17, 15) is 4.79 Å². The van der Waals surface area contributed by atoms with Crippen molar-refractivity contribution in [1.29, 1.82) is 0 Å². The van der Waals surface area contributed by atoms with Crippen molar-refractivity contribution in [2.45, 2.75) is 19.1 Å². The van der Waals surface area contributed by atoms with Crippen LogP contribution in [0.1, 0.15) is 22.3 Å². The maximum absolute atomic E-state index is 12.8. The first-order valence-electron chi connectivity index (χ1n) is 9.65. The zero-order valence-electron chi connectivity index (χ0n) is 15.8. The van der Waals surface area contributed by atoms with Gasteiger partial charge in [0, 0.05) is 30.4 Å². The van der Waals surface area contributed by atoms with Gasteiger partial charge in [0.15, 0.2) is 0 Å². The van der Waals surface area contributed by atoms with Gasteiger partial charge >= 0.3 is 0 Å². The molecule has 1 heterocycles. The van der Waals surface area contributed by atoms with Crippen LogP contribution in [0.4, 0.5) is 5.69 Å². The number of likely N-dealkylation sites (tertiary alicyclic amines) is 1.